The lowest BCUT2D eigenvalue weighted by Gasteiger charge is -2.10. The number of amides is 2. The molecule has 2 amide bonds. The summed E-state index contributed by atoms with van der Waals surface area (Å²) in [5, 5.41) is 2.69. The maximum Gasteiger partial charge on any atom is 0.338 e. The molecule has 0 atom stereocenters. The van der Waals surface area contributed by atoms with E-state index in [1.165, 1.54) is 24.5 Å². The van der Waals surface area contributed by atoms with E-state index in [4.69, 9.17) is 0 Å². The second kappa shape index (κ2) is 5.65. The van der Waals surface area contributed by atoms with Gasteiger partial charge in [-0.3, -0.25) is 4.79 Å². The minimum Gasteiger partial charge on any atom is -0.304 e. The quantitative estimate of drug-likeness (QED) is 0.762. The number of nitrogens with zero attached hydrogens (tertiary/aromatic N) is 2. The van der Waals surface area contributed by atoms with Crippen LogP contribution < -0.4 is 16.3 Å². The van der Waals surface area contributed by atoms with Gasteiger partial charge in [-0.25, -0.2) is 24.3 Å². The average molecular weight is 298 g/mol. The molecular weight excluding hydrogens is 287 g/mol. The Hall–Kier alpha value is -3.22. The van der Waals surface area contributed by atoms with Crippen molar-refractivity contribution in [3.05, 3.63) is 71.0 Å². The first-order chi connectivity index (χ1) is 10.6. The Morgan fingerprint density at radius 2 is 1.82 bits per heavy atom. The van der Waals surface area contributed by atoms with Crippen molar-refractivity contribution in [2.75, 3.05) is 10.7 Å². The summed E-state index contributed by atoms with van der Waals surface area (Å²) < 4.78 is 14.4. The number of carbonyl (C=O) groups is 1. The Kier molecular flexibility index (Phi) is 3.53. The molecular formula is C15H11FN4O2. The van der Waals surface area contributed by atoms with Crippen LogP contribution in [0.2, 0.25) is 0 Å². The van der Waals surface area contributed by atoms with Gasteiger partial charge in [0.1, 0.15) is 12.1 Å². The van der Waals surface area contributed by atoms with Crippen LogP contribution in [0.3, 0.4) is 0 Å². The summed E-state index contributed by atoms with van der Waals surface area (Å²) in [6, 6.07) is 11.8. The topological polar surface area (TPSA) is 76.0 Å². The van der Waals surface area contributed by atoms with Crippen LogP contribution in [0.15, 0.2) is 59.7 Å². The highest BCUT2D eigenvalue weighted by molar-refractivity contribution is 5.95. The monoisotopic (exact) mass is 298 g/mol. The van der Waals surface area contributed by atoms with Gasteiger partial charge in [0.05, 0.1) is 16.6 Å². The number of anilines is 1. The van der Waals surface area contributed by atoms with Crippen molar-refractivity contribution in [2.45, 2.75) is 0 Å². The number of hydrogen-bond donors (Lipinski definition) is 2. The lowest BCUT2D eigenvalue weighted by Crippen LogP contribution is -2.35. The fourth-order valence-corrected chi connectivity index (χ4v) is 1.97. The molecule has 110 valence electrons. The standard InChI is InChI=1S/C15H11FN4O2/c16-11-6-2-4-8-13(11)18-15(22)19-20-9-17-12-7-3-1-5-10(12)14(20)21/h1-9H,(H2,18,19,22). The molecule has 0 fully saturated rings. The van der Waals surface area contributed by atoms with Crippen molar-refractivity contribution in [1.82, 2.24) is 9.66 Å². The second-order valence-electron chi connectivity index (χ2n) is 4.48. The lowest BCUT2D eigenvalue weighted by atomic mass is 10.2. The molecule has 0 bridgehead atoms. The third-order valence-corrected chi connectivity index (χ3v) is 3.01. The maximum atomic E-state index is 13.5. The van der Waals surface area contributed by atoms with E-state index in [0.717, 1.165) is 4.68 Å². The van der Waals surface area contributed by atoms with E-state index in [9.17, 15) is 14.0 Å². The smallest absolute Gasteiger partial charge is 0.304 e. The molecule has 22 heavy (non-hydrogen) atoms. The molecule has 0 radical (unpaired) electrons. The number of hydrogen-bond acceptors (Lipinski definition) is 3. The number of aromatic nitrogens is 2. The van der Waals surface area contributed by atoms with E-state index in [0.29, 0.717) is 10.9 Å². The van der Waals surface area contributed by atoms with Gasteiger partial charge in [-0.15, -0.1) is 0 Å². The summed E-state index contributed by atoms with van der Waals surface area (Å²) >= 11 is 0. The first-order valence-corrected chi connectivity index (χ1v) is 6.44. The number of nitrogens with one attached hydrogen (secondary N) is 2. The van der Waals surface area contributed by atoms with Crippen LogP contribution in [0, 0.1) is 5.82 Å². The van der Waals surface area contributed by atoms with Crippen LogP contribution in [-0.2, 0) is 0 Å². The van der Waals surface area contributed by atoms with Crippen LogP contribution in [0.25, 0.3) is 10.9 Å². The van der Waals surface area contributed by atoms with Crippen molar-refractivity contribution in [1.29, 1.82) is 0 Å². The minimum atomic E-state index is -0.746. The zero-order valence-electron chi connectivity index (χ0n) is 11.3. The third-order valence-electron chi connectivity index (χ3n) is 3.01. The van der Waals surface area contributed by atoms with Crippen molar-refractivity contribution in [2.24, 2.45) is 0 Å². The number of benzene rings is 2. The Bertz CT molecular complexity index is 907. The van der Waals surface area contributed by atoms with Gasteiger partial charge in [0, 0.05) is 0 Å². The molecule has 1 heterocycles. The first kappa shape index (κ1) is 13.7. The van der Waals surface area contributed by atoms with Crippen LogP contribution >= 0.6 is 0 Å². The number of para-hydroxylation sites is 2. The number of fused-ring (bicyclic) bond motifs is 1. The zero-order chi connectivity index (χ0) is 15.5. The Balaban J connectivity index is 1.84. The molecule has 0 spiro atoms. The number of carbonyl (C=O) groups excluding carboxylic acids is 1. The fraction of sp³-hybridized carbons (Fsp3) is 0. The van der Waals surface area contributed by atoms with Gasteiger partial charge in [-0.05, 0) is 24.3 Å². The Morgan fingerprint density at radius 3 is 2.64 bits per heavy atom. The van der Waals surface area contributed by atoms with Crippen LogP contribution in [0.4, 0.5) is 14.9 Å². The van der Waals surface area contributed by atoms with Crippen molar-refractivity contribution >= 4 is 22.6 Å². The molecule has 3 rings (SSSR count). The molecule has 1 aromatic heterocycles. The molecule has 0 saturated carbocycles. The molecule has 7 heteroatoms. The van der Waals surface area contributed by atoms with E-state index in [1.54, 1.807) is 30.3 Å². The summed E-state index contributed by atoms with van der Waals surface area (Å²) in [7, 11) is 0. The highest BCUT2D eigenvalue weighted by Gasteiger charge is 2.08. The van der Waals surface area contributed by atoms with E-state index in [2.05, 4.69) is 15.7 Å². The summed E-state index contributed by atoms with van der Waals surface area (Å²) in [6.45, 7) is 0. The summed E-state index contributed by atoms with van der Waals surface area (Å²) in [5.41, 5.74) is 2.42. The molecule has 0 saturated heterocycles. The van der Waals surface area contributed by atoms with E-state index in [-0.39, 0.29) is 5.69 Å². The van der Waals surface area contributed by atoms with Gasteiger partial charge in [0.25, 0.3) is 5.56 Å². The molecule has 0 aliphatic heterocycles. The normalized spacial score (nSPS) is 10.4. The highest BCUT2D eigenvalue weighted by Crippen LogP contribution is 2.12. The second-order valence-corrected chi connectivity index (χ2v) is 4.48. The predicted octanol–water partition coefficient (Wildman–Crippen LogP) is 2.31. The van der Waals surface area contributed by atoms with E-state index >= 15 is 0 Å². The van der Waals surface area contributed by atoms with E-state index < -0.39 is 17.4 Å². The molecule has 0 aliphatic carbocycles. The van der Waals surface area contributed by atoms with Gasteiger partial charge in [-0.2, -0.15) is 0 Å². The summed E-state index contributed by atoms with van der Waals surface area (Å²) in [4.78, 5) is 28.1. The summed E-state index contributed by atoms with van der Waals surface area (Å²) in [5.74, 6) is -0.568. The van der Waals surface area contributed by atoms with Crippen molar-refractivity contribution in [3.8, 4) is 0 Å². The lowest BCUT2D eigenvalue weighted by molar-refractivity contribution is 0.259. The van der Waals surface area contributed by atoms with E-state index in [1.807, 2.05) is 0 Å². The van der Waals surface area contributed by atoms with Gasteiger partial charge < -0.3 is 5.32 Å². The van der Waals surface area contributed by atoms with Crippen LogP contribution in [0.5, 0.6) is 0 Å². The number of rotatable bonds is 2. The third kappa shape index (κ3) is 2.64. The minimum absolute atomic E-state index is 0.0156. The molecule has 2 aromatic carbocycles. The van der Waals surface area contributed by atoms with Gasteiger partial charge in [0.2, 0.25) is 0 Å². The molecule has 2 N–H and O–H groups in total. The van der Waals surface area contributed by atoms with Gasteiger partial charge in [-0.1, -0.05) is 24.3 Å². The zero-order valence-corrected chi connectivity index (χ0v) is 11.3. The van der Waals surface area contributed by atoms with Crippen LogP contribution in [-0.4, -0.2) is 15.7 Å². The fourth-order valence-electron chi connectivity index (χ4n) is 1.97. The largest absolute Gasteiger partial charge is 0.338 e. The molecule has 0 unspecified atom stereocenters. The first-order valence-electron chi connectivity index (χ1n) is 6.44. The summed E-state index contributed by atoms with van der Waals surface area (Å²) in [6.07, 6.45) is 1.20. The molecule has 0 aliphatic rings. The Morgan fingerprint density at radius 1 is 1.09 bits per heavy atom. The molecule has 3 aromatic rings. The number of halogens is 1. The van der Waals surface area contributed by atoms with Crippen molar-refractivity contribution < 1.29 is 9.18 Å². The van der Waals surface area contributed by atoms with Gasteiger partial charge in [0.15, 0.2) is 0 Å². The van der Waals surface area contributed by atoms with Crippen molar-refractivity contribution in [3.63, 3.8) is 0 Å². The average Bonchev–Trinajstić information content (AvgIpc) is 2.53. The highest BCUT2D eigenvalue weighted by atomic mass is 19.1. The Labute approximate surface area is 124 Å². The molecule has 6 nitrogen and oxygen atoms in total. The predicted molar refractivity (Wildman–Crippen MR) is 80.8 cm³/mol. The van der Waals surface area contributed by atoms with Crippen LogP contribution in [0.1, 0.15) is 0 Å². The van der Waals surface area contributed by atoms with Gasteiger partial charge >= 0.3 is 6.03 Å². The number of urea groups is 1. The maximum absolute atomic E-state index is 13.5. The SMILES string of the molecule is O=C(Nc1ccccc1F)Nn1cnc2ccccc2c1=O.